The molecule has 2 aliphatic rings. The predicted molar refractivity (Wildman–Crippen MR) is 71.2 cm³/mol. The van der Waals surface area contributed by atoms with Crippen LogP contribution in [0.3, 0.4) is 0 Å². The molecule has 0 radical (unpaired) electrons. The van der Waals surface area contributed by atoms with Crippen LogP contribution in [-0.4, -0.2) is 46.5 Å². The van der Waals surface area contributed by atoms with Crippen LogP contribution in [0.1, 0.15) is 42.7 Å². The van der Waals surface area contributed by atoms with Crippen LogP contribution in [0, 0.1) is 5.41 Å². The van der Waals surface area contributed by atoms with E-state index in [0.717, 1.165) is 25.9 Å². The van der Waals surface area contributed by atoms with Crippen LogP contribution in [0.4, 0.5) is 8.78 Å². The number of alkyl halides is 2. The maximum Gasteiger partial charge on any atom is 0.271 e. The first kappa shape index (κ1) is 14.4. The van der Waals surface area contributed by atoms with Gasteiger partial charge >= 0.3 is 0 Å². The number of amides is 1. The van der Waals surface area contributed by atoms with Crippen molar-refractivity contribution in [1.29, 1.82) is 0 Å². The van der Waals surface area contributed by atoms with Crippen LogP contribution in [0.25, 0.3) is 0 Å². The molecular weight excluding hydrogens is 280 g/mol. The highest BCUT2D eigenvalue weighted by atomic mass is 19.3. The second-order valence-corrected chi connectivity index (χ2v) is 6.17. The highest BCUT2D eigenvalue weighted by Crippen LogP contribution is 2.59. The van der Waals surface area contributed by atoms with Crippen molar-refractivity contribution < 1.29 is 13.6 Å². The molecule has 1 saturated carbocycles. The van der Waals surface area contributed by atoms with Gasteiger partial charge in [-0.3, -0.25) is 4.79 Å². The Balaban J connectivity index is 1.64. The quantitative estimate of drug-likeness (QED) is 0.869. The predicted octanol–water partition coefficient (Wildman–Crippen LogP) is 0.978. The highest BCUT2D eigenvalue weighted by molar-refractivity contribution is 5.92. The van der Waals surface area contributed by atoms with Crippen molar-refractivity contribution in [3.63, 3.8) is 0 Å². The summed E-state index contributed by atoms with van der Waals surface area (Å²) in [6.45, 7) is 3.19. The zero-order valence-corrected chi connectivity index (χ0v) is 11.9. The zero-order valence-electron chi connectivity index (χ0n) is 11.9. The summed E-state index contributed by atoms with van der Waals surface area (Å²) in [6, 6.07) is 0.132. The molecular formula is C13H19F2N5O. The molecule has 3 rings (SSSR count). The molecule has 2 fully saturated rings. The second-order valence-electron chi connectivity index (χ2n) is 6.17. The Morgan fingerprint density at radius 3 is 2.81 bits per heavy atom. The number of aromatic nitrogens is 3. The molecule has 0 spiro atoms. The standard InChI is InChI=1S/C13H19F2N5O/c1-12(7-13(12,14)15)8-17-11(21)10-6-18-19-20(10)9-2-4-16-5-3-9/h6,9,16H,2-5,7-8H2,1H3,(H,17,21). The van der Waals surface area contributed by atoms with Gasteiger partial charge in [0.15, 0.2) is 0 Å². The molecule has 1 unspecified atom stereocenters. The van der Waals surface area contributed by atoms with E-state index in [-0.39, 0.29) is 24.9 Å². The Morgan fingerprint density at radius 2 is 2.19 bits per heavy atom. The van der Waals surface area contributed by atoms with E-state index in [4.69, 9.17) is 0 Å². The number of carbonyl (C=O) groups excluding carboxylic acids is 1. The Kier molecular flexibility index (Phi) is 3.43. The fourth-order valence-corrected chi connectivity index (χ4v) is 2.73. The molecule has 6 nitrogen and oxygen atoms in total. The topological polar surface area (TPSA) is 71.8 Å². The first-order chi connectivity index (χ1) is 9.93. The number of hydrogen-bond donors (Lipinski definition) is 2. The van der Waals surface area contributed by atoms with Gasteiger partial charge in [-0.15, -0.1) is 5.10 Å². The van der Waals surface area contributed by atoms with Crippen molar-refractivity contribution in [2.45, 2.75) is 38.2 Å². The number of rotatable bonds is 4. The molecule has 116 valence electrons. The van der Waals surface area contributed by atoms with Gasteiger partial charge in [0.1, 0.15) is 5.69 Å². The summed E-state index contributed by atoms with van der Waals surface area (Å²) < 4.78 is 27.9. The van der Waals surface area contributed by atoms with Crippen LogP contribution < -0.4 is 10.6 Å². The third kappa shape index (κ3) is 2.64. The normalized spacial score (nSPS) is 28.3. The average Bonchev–Trinajstić information content (AvgIpc) is 2.84. The summed E-state index contributed by atoms with van der Waals surface area (Å²) in [4.78, 5) is 12.2. The monoisotopic (exact) mass is 299 g/mol. The van der Waals surface area contributed by atoms with Crippen molar-refractivity contribution in [3.8, 4) is 0 Å². The molecule has 0 aromatic carbocycles. The molecule has 1 aliphatic heterocycles. The summed E-state index contributed by atoms with van der Waals surface area (Å²) in [6.07, 6.45) is 2.97. The molecule has 0 bridgehead atoms. The molecule has 2 N–H and O–H groups in total. The van der Waals surface area contributed by atoms with E-state index < -0.39 is 11.3 Å². The van der Waals surface area contributed by atoms with Gasteiger partial charge in [0.2, 0.25) is 0 Å². The molecule has 2 heterocycles. The van der Waals surface area contributed by atoms with Gasteiger partial charge in [-0.1, -0.05) is 12.1 Å². The van der Waals surface area contributed by atoms with E-state index in [9.17, 15) is 13.6 Å². The lowest BCUT2D eigenvalue weighted by molar-refractivity contribution is 0.0673. The lowest BCUT2D eigenvalue weighted by Gasteiger charge is -2.23. The number of carbonyl (C=O) groups is 1. The molecule has 8 heteroatoms. The van der Waals surface area contributed by atoms with E-state index in [1.54, 1.807) is 4.68 Å². The number of nitrogens with zero attached hydrogens (tertiary/aromatic N) is 3. The molecule has 1 aromatic rings. The largest absolute Gasteiger partial charge is 0.350 e. The van der Waals surface area contributed by atoms with Crippen molar-refractivity contribution in [2.75, 3.05) is 19.6 Å². The van der Waals surface area contributed by atoms with Crippen molar-refractivity contribution in [2.24, 2.45) is 5.41 Å². The minimum Gasteiger partial charge on any atom is -0.350 e. The summed E-state index contributed by atoms with van der Waals surface area (Å²) >= 11 is 0. The SMILES string of the molecule is CC1(CNC(=O)c2cnnn2C2CCNCC2)CC1(F)F. The van der Waals surface area contributed by atoms with E-state index >= 15 is 0 Å². The smallest absolute Gasteiger partial charge is 0.271 e. The van der Waals surface area contributed by atoms with Gasteiger partial charge in [0.05, 0.1) is 17.7 Å². The van der Waals surface area contributed by atoms with Gasteiger partial charge < -0.3 is 10.6 Å². The van der Waals surface area contributed by atoms with Crippen molar-refractivity contribution in [3.05, 3.63) is 11.9 Å². The van der Waals surface area contributed by atoms with Crippen molar-refractivity contribution in [1.82, 2.24) is 25.6 Å². The third-order valence-electron chi connectivity index (χ3n) is 4.47. The Labute approximate surface area is 121 Å². The van der Waals surface area contributed by atoms with E-state index in [0.29, 0.717) is 5.69 Å². The number of hydrogen-bond acceptors (Lipinski definition) is 4. The van der Waals surface area contributed by atoms with Crippen LogP contribution in [0.5, 0.6) is 0 Å². The first-order valence-electron chi connectivity index (χ1n) is 7.20. The van der Waals surface area contributed by atoms with Gasteiger partial charge in [-0.05, 0) is 25.9 Å². The summed E-state index contributed by atoms with van der Waals surface area (Å²) in [7, 11) is 0. The molecule has 1 aliphatic carbocycles. The van der Waals surface area contributed by atoms with Gasteiger partial charge in [0.25, 0.3) is 11.8 Å². The molecule has 1 amide bonds. The fourth-order valence-electron chi connectivity index (χ4n) is 2.73. The minimum atomic E-state index is -2.67. The number of piperidine rings is 1. The van der Waals surface area contributed by atoms with Crippen molar-refractivity contribution >= 4 is 5.91 Å². The highest BCUT2D eigenvalue weighted by Gasteiger charge is 2.67. The average molecular weight is 299 g/mol. The Hall–Kier alpha value is -1.57. The molecule has 21 heavy (non-hydrogen) atoms. The zero-order chi connectivity index (χ0) is 15.1. The lowest BCUT2D eigenvalue weighted by atomic mass is 10.1. The lowest BCUT2D eigenvalue weighted by Crippen LogP contribution is -2.35. The van der Waals surface area contributed by atoms with Gasteiger partial charge in [0, 0.05) is 13.0 Å². The second kappa shape index (κ2) is 5.01. The maximum absolute atomic E-state index is 13.2. The van der Waals surface area contributed by atoms with Gasteiger partial charge in [-0.25, -0.2) is 13.5 Å². The molecule has 1 aromatic heterocycles. The maximum atomic E-state index is 13.2. The van der Waals surface area contributed by atoms with E-state index in [1.807, 2.05) is 0 Å². The summed E-state index contributed by atoms with van der Waals surface area (Å²) in [5.41, 5.74) is -0.773. The molecule has 1 saturated heterocycles. The minimum absolute atomic E-state index is 0.0315. The summed E-state index contributed by atoms with van der Waals surface area (Å²) in [5, 5.41) is 13.6. The fraction of sp³-hybridized carbons (Fsp3) is 0.769. The van der Waals surface area contributed by atoms with Crippen LogP contribution >= 0.6 is 0 Å². The first-order valence-corrected chi connectivity index (χ1v) is 7.20. The molecule has 1 atom stereocenters. The van der Waals surface area contributed by atoms with Gasteiger partial charge in [-0.2, -0.15) is 0 Å². The van der Waals surface area contributed by atoms with Crippen LogP contribution in [0.15, 0.2) is 6.20 Å². The number of nitrogens with one attached hydrogen (secondary N) is 2. The third-order valence-corrected chi connectivity index (χ3v) is 4.47. The Bertz CT molecular complexity index is 540. The Morgan fingerprint density at radius 1 is 1.52 bits per heavy atom. The van der Waals surface area contributed by atoms with Crippen LogP contribution in [0.2, 0.25) is 0 Å². The summed E-state index contributed by atoms with van der Waals surface area (Å²) in [5.74, 6) is -3.06. The number of halogens is 2. The van der Waals surface area contributed by atoms with Crippen LogP contribution in [-0.2, 0) is 0 Å². The van der Waals surface area contributed by atoms with E-state index in [2.05, 4.69) is 20.9 Å². The van der Waals surface area contributed by atoms with E-state index in [1.165, 1.54) is 13.1 Å².